The van der Waals surface area contributed by atoms with Crippen LogP contribution in [-0.4, -0.2) is 55.2 Å². The number of nitrogens with zero attached hydrogens (tertiary/aromatic N) is 2. The molecule has 8 nitrogen and oxygen atoms in total. The Hall–Kier alpha value is -3.84. The highest BCUT2D eigenvalue weighted by Gasteiger charge is 2.34. The van der Waals surface area contributed by atoms with Crippen LogP contribution >= 0.6 is 48.0 Å². The molecule has 0 saturated carbocycles. The van der Waals surface area contributed by atoms with E-state index in [-0.39, 0.29) is 35.6 Å². The van der Waals surface area contributed by atoms with Crippen LogP contribution in [-0.2, 0) is 19.2 Å². The van der Waals surface area contributed by atoms with Crippen molar-refractivity contribution in [3.8, 4) is 0 Å². The average Bonchev–Trinajstić information content (AvgIpc) is 3.39. The number of hydrogen-bond donors (Lipinski definition) is 2. The Morgan fingerprint density at radius 1 is 0.721 bits per heavy atom. The fraction of sp³-hybridized carbons (Fsp3) is 0.161. The van der Waals surface area contributed by atoms with Gasteiger partial charge in [0, 0.05) is 13.0 Å². The number of nitrogens with one attached hydrogen (secondary N) is 2. The van der Waals surface area contributed by atoms with Gasteiger partial charge in [-0.1, -0.05) is 121 Å². The van der Waals surface area contributed by atoms with Crippen molar-refractivity contribution in [2.45, 2.75) is 20.3 Å². The lowest BCUT2D eigenvalue weighted by Crippen LogP contribution is -2.48. The van der Waals surface area contributed by atoms with Gasteiger partial charge in [-0.2, -0.15) is 0 Å². The summed E-state index contributed by atoms with van der Waals surface area (Å²) in [4.78, 5) is 54.1. The zero-order valence-electron chi connectivity index (χ0n) is 23.4. The van der Waals surface area contributed by atoms with Crippen molar-refractivity contribution in [1.82, 2.24) is 20.7 Å². The van der Waals surface area contributed by atoms with Crippen molar-refractivity contribution in [3.05, 3.63) is 105 Å². The summed E-state index contributed by atoms with van der Waals surface area (Å²) in [5, 5.41) is 0. The minimum atomic E-state index is -0.614. The van der Waals surface area contributed by atoms with Crippen molar-refractivity contribution in [1.29, 1.82) is 0 Å². The standard InChI is InChI=1S/C31H28N4O4S4/c1-20(15-22-9-5-3-6-10-22)17-24-28(38)34(30(40)42-24)14-13-26(36)32-33-27(37)19-35-29(39)25(43-31(35)41)18-21(2)16-23-11-7-4-8-12-23/h3-12,15-18H,13-14,19H2,1-2H3,(H,32,36)(H,33,37)/b20-15+,21-16+,24-17+,25-18-. The fourth-order valence-corrected chi connectivity index (χ4v) is 6.71. The van der Waals surface area contributed by atoms with E-state index in [1.54, 1.807) is 12.2 Å². The number of allylic oxidation sites excluding steroid dienone is 4. The van der Waals surface area contributed by atoms with Crippen molar-refractivity contribution in [2.75, 3.05) is 13.1 Å². The number of rotatable bonds is 9. The van der Waals surface area contributed by atoms with E-state index in [1.165, 1.54) is 21.6 Å². The van der Waals surface area contributed by atoms with Crippen LogP contribution in [0.25, 0.3) is 12.2 Å². The quantitative estimate of drug-likeness (QED) is 0.217. The third-order valence-corrected chi connectivity index (χ3v) is 8.81. The molecule has 2 saturated heterocycles. The van der Waals surface area contributed by atoms with Crippen LogP contribution in [0.4, 0.5) is 0 Å². The number of benzene rings is 2. The molecule has 2 heterocycles. The number of hydrogen-bond acceptors (Lipinski definition) is 8. The molecule has 220 valence electrons. The lowest BCUT2D eigenvalue weighted by atomic mass is 10.1. The molecule has 0 aromatic heterocycles. The smallest absolute Gasteiger partial charge is 0.266 e. The van der Waals surface area contributed by atoms with Crippen LogP contribution < -0.4 is 10.9 Å². The maximum absolute atomic E-state index is 12.9. The molecule has 2 aliphatic heterocycles. The number of amides is 4. The number of thiocarbonyl (C=S) groups is 2. The predicted molar refractivity (Wildman–Crippen MR) is 181 cm³/mol. The molecule has 0 unspecified atom stereocenters. The first-order valence-electron chi connectivity index (χ1n) is 13.2. The van der Waals surface area contributed by atoms with Crippen molar-refractivity contribution < 1.29 is 19.2 Å². The van der Waals surface area contributed by atoms with E-state index >= 15 is 0 Å². The minimum Gasteiger partial charge on any atom is -0.292 e. The van der Waals surface area contributed by atoms with Crippen molar-refractivity contribution in [2.24, 2.45) is 0 Å². The summed E-state index contributed by atoms with van der Waals surface area (Å²) in [5.41, 5.74) is 8.39. The summed E-state index contributed by atoms with van der Waals surface area (Å²) in [6, 6.07) is 19.4. The Balaban J connectivity index is 1.24. The third kappa shape index (κ3) is 9.07. The third-order valence-electron chi connectivity index (χ3n) is 6.06. The molecular formula is C31H28N4O4S4. The van der Waals surface area contributed by atoms with Gasteiger partial charge >= 0.3 is 0 Å². The first-order valence-corrected chi connectivity index (χ1v) is 15.6. The lowest BCUT2D eigenvalue weighted by molar-refractivity contribution is -0.131. The van der Waals surface area contributed by atoms with Crippen LogP contribution in [0.2, 0.25) is 0 Å². The molecule has 0 aliphatic carbocycles. The van der Waals surface area contributed by atoms with Crippen LogP contribution in [0, 0.1) is 0 Å². The Morgan fingerprint density at radius 2 is 1.16 bits per heavy atom. The van der Waals surface area contributed by atoms with E-state index in [1.807, 2.05) is 86.7 Å². The van der Waals surface area contributed by atoms with Gasteiger partial charge in [-0.15, -0.1) is 0 Å². The first-order chi connectivity index (χ1) is 20.6. The summed E-state index contributed by atoms with van der Waals surface area (Å²) in [6.45, 7) is 3.49. The highest BCUT2D eigenvalue weighted by Crippen LogP contribution is 2.33. The van der Waals surface area contributed by atoms with Crippen LogP contribution in [0.15, 0.2) is 93.8 Å². The number of carbonyl (C=O) groups is 4. The SMILES string of the molecule is CC(/C=C1\SC(=S)N(CC(=O)NNC(=O)CCN2C(=O)/C(=C\C(C)=C\c3ccccc3)SC2=S)C1=O)=C\c1ccccc1. The van der Waals surface area contributed by atoms with E-state index in [2.05, 4.69) is 10.9 Å². The average molecular weight is 649 g/mol. The van der Waals surface area contributed by atoms with Gasteiger partial charge in [0.05, 0.1) is 9.81 Å². The van der Waals surface area contributed by atoms with Gasteiger partial charge in [0.1, 0.15) is 15.2 Å². The summed E-state index contributed by atoms with van der Waals surface area (Å²) in [5.74, 6) is -1.78. The number of carbonyl (C=O) groups excluding carboxylic acids is 4. The van der Waals surface area contributed by atoms with Gasteiger partial charge in [-0.3, -0.25) is 39.8 Å². The number of thioether (sulfide) groups is 2. The van der Waals surface area contributed by atoms with Gasteiger partial charge in [0.2, 0.25) is 5.91 Å². The molecule has 2 N–H and O–H groups in total. The van der Waals surface area contributed by atoms with E-state index in [0.717, 1.165) is 34.0 Å². The van der Waals surface area contributed by atoms with Crippen LogP contribution in [0.3, 0.4) is 0 Å². The molecule has 43 heavy (non-hydrogen) atoms. The lowest BCUT2D eigenvalue weighted by Gasteiger charge is -2.16. The van der Waals surface area contributed by atoms with Crippen molar-refractivity contribution in [3.63, 3.8) is 0 Å². The van der Waals surface area contributed by atoms with Gasteiger partial charge in [-0.25, -0.2) is 0 Å². The molecule has 0 spiro atoms. The first kappa shape index (κ1) is 32.1. The zero-order valence-corrected chi connectivity index (χ0v) is 26.6. The van der Waals surface area contributed by atoms with Crippen LogP contribution in [0.1, 0.15) is 31.4 Å². The van der Waals surface area contributed by atoms with Gasteiger partial charge in [-0.05, 0) is 48.3 Å². The van der Waals surface area contributed by atoms with Gasteiger partial charge in [0.25, 0.3) is 17.7 Å². The maximum Gasteiger partial charge on any atom is 0.266 e. The fourth-order valence-electron chi connectivity index (χ4n) is 4.05. The monoisotopic (exact) mass is 648 g/mol. The second-order valence-corrected chi connectivity index (χ2v) is 12.9. The molecule has 4 amide bonds. The molecule has 4 rings (SSSR count). The second-order valence-electron chi connectivity index (χ2n) is 9.55. The molecule has 2 aliphatic rings. The van der Waals surface area contributed by atoms with Gasteiger partial charge < -0.3 is 0 Å². The summed E-state index contributed by atoms with van der Waals surface area (Å²) in [6.07, 6.45) is 7.32. The van der Waals surface area contributed by atoms with Crippen LogP contribution in [0.5, 0.6) is 0 Å². The normalized spacial score (nSPS) is 17.8. The van der Waals surface area contributed by atoms with E-state index < -0.39 is 11.8 Å². The zero-order chi connectivity index (χ0) is 30.9. The molecule has 2 fully saturated rings. The Bertz CT molecular complexity index is 1580. The molecule has 12 heteroatoms. The van der Waals surface area contributed by atoms with Crippen molar-refractivity contribution >= 4 is 92.4 Å². The topological polar surface area (TPSA) is 98.8 Å². The predicted octanol–water partition coefficient (Wildman–Crippen LogP) is 5.22. The van der Waals surface area contributed by atoms with E-state index in [4.69, 9.17) is 24.4 Å². The summed E-state index contributed by atoms with van der Waals surface area (Å²) in [7, 11) is 0. The second kappa shape index (κ2) is 15.1. The minimum absolute atomic E-state index is 0.0561. The van der Waals surface area contributed by atoms with E-state index in [0.29, 0.717) is 14.1 Å². The molecule has 2 aromatic rings. The molecular weight excluding hydrogens is 621 g/mol. The number of hydrazine groups is 1. The molecule has 0 atom stereocenters. The Labute approximate surface area is 269 Å². The highest BCUT2D eigenvalue weighted by atomic mass is 32.2. The summed E-state index contributed by atoms with van der Waals surface area (Å²) < 4.78 is 0.610. The molecule has 2 aromatic carbocycles. The maximum atomic E-state index is 12.9. The summed E-state index contributed by atoms with van der Waals surface area (Å²) >= 11 is 13.0. The Kier molecular flexibility index (Phi) is 11.2. The highest BCUT2D eigenvalue weighted by molar-refractivity contribution is 8.27. The van der Waals surface area contributed by atoms with E-state index in [9.17, 15) is 19.2 Å². The Morgan fingerprint density at radius 3 is 1.67 bits per heavy atom. The molecule has 0 radical (unpaired) electrons. The molecule has 0 bridgehead atoms. The largest absolute Gasteiger partial charge is 0.292 e. The van der Waals surface area contributed by atoms with Gasteiger partial charge in [0.15, 0.2) is 0 Å².